The van der Waals surface area contributed by atoms with E-state index in [1.807, 2.05) is 13.8 Å². The summed E-state index contributed by atoms with van der Waals surface area (Å²) in [6, 6.07) is 32.9. The van der Waals surface area contributed by atoms with Gasteiger partial charge in [-0.15, -0.1) is 0 Å². The maximum Gasteiger partial charge on any atom is 0.265 e. The van der Waals surface area contributed by atoms with Gasteiger partial charge in [0.25, 0.3) is 10.1 Å². The molecule has 0 aliphatic heterocycles. The average Bonchev–Trinajstić information content (AvgIpc) is 3.21. The molecule has 0 radical (unpaired) electrons. The summed E-state index contributed by atoms with van der Waals surface area (Å²) in [5.74, 6) is 1.01. The van der Waals surface area contributed by atoms with Crippen LogP contribution in [0.4, 0.5) is 0 Å². The Bertz CT molecular complexity index is 1190. The summed E-state index contributed by atoms with van der Waals surface area (Å²) >= 11 is 0. The zero-order valence-corrected chi connectivity index (χ0v) is 22.9. The third kappa shape index (κ3) is 4.67. The molecule has 2 bridgehead atoms. The number of rotatable bonds is 6. The Balaban J connectivity index is 0.000000179. The third-order valence-electron chi connectivity index (χ3n) is 8.44. The minimum Gasteiger partial charge on any atom is -0.299 e. The van der Waals surface area contributed by atoms with Gasteiger partial charge in [-0.05, 0) is 81.0 Å². The first kappa shape index (κ1) is 26.6. The number of hydrogen-bond acceptors (Lipinski definition) is 3. The van der Waals surface area contributed by atoms with Crippen molar-refractivity contribution in [3.05, 3.63) is 91.0 Å². The second-order valence-electron chi connectivity index (χ2n) is 10.4. The van der Waals surface area contributed by atoms with E-state index in [1.54, 1.807) is 0 Å². The van der Waals surface area contributed by atoms with Crippen LogP contribution in [-0.2, 0) is 14.9 Å². The van der Waals surface area contributed by atoms with E-state index < -0.39 is 31.3 Å². The fourth-order valence-electron chi connectivity index (χ4n) is 6.29. The summed E-state index contributed by atoms with van der Waals surface area (Å²) in [4.78, 5) is 16.2. The maximum absolute atomic E-state index is 11.9. The summed E-state index contributed by atoms with van der Waals surface area (Å²) < 4.78 is 31.0. The van der Waals surface area contributed by atoms with Gasteiger partial charge in [0.05, 0.1) is 11.2 Å². The Hall–Kier alpha value is -2.41. The Morgan fingerprint density at radius 1 is 0.806 bits per heavy atom. The Labute approximate surface area is 217 Å². The van der Waals surface area contributed by atoms with Crippen LogP contribution in [0, 0.1) is 16.7 Å². The number of Topliss-reactive ketones (excluding diaryl/α,β-unsaturated/α-hetero) is 1. The smallest absolute Gasteiger partial charge is 0.265 e. The van der Waals surface area contributed by atoms with E-state index in [4.69, 9.17) is 4.55 Å². The number of carbonyl (C=O) groups excluding carboxylic acids is 1. The Morgan fingerprint density at radius 3 is 1.50 bits per heavy atom. The van der Waals surface area contributed by atoms with Gasteiger partial charge in [0.1, 0.15) is 5.78 Å². The molecule has 6 heteroatoms. The molecule has 0 spiro atoms. The lowest BCUT2D eigenvalue weighted by atomic mass is 9.70. The SMILES string of the molecule is CC1(C)C2CCC1(CS(=O)(=O)O)C(=O)C2.CCS(c1ccccc1)(c1ccccc1)c1ccccc1. The van der Waals surface area contributed by atoms with Gasteiger partial charge < -0.3 is 0 Å². The zero-order valence-electron chi connectivity index (χ0n) is 21.3. The van der Waals surface area contributed by atoms with Crippen LogP contribution in [-0.4, -0.2) is 30.3 Å². The average molecular weight is 525 g/mol. The van der Waals surface area contributed by atoms with Crippen LogP contribution in [0.1, 0.15) is 40.0 Å². The fraction of sp³-hybridized carbons (Fsp3) is 0.367. The highest BCUT2D eigenvalue weighted by atomic mass is 32.3. The van der Waals surface area contributed by atoms with Crippen molar-refractivity contribution in [1.29, 1.82) is 0 Å². The highest BCUT2D eigenvalue weighted by Gasteiger charge is 2.65. The van der Waals surface area contributed by atoms with E-state index >= 15 is 0 Å². The van der Waals surface area contributed by atoms with Crippen LogP contribution in [0.5, 0.6) is 0 Å². The molecule has 5 rings (SSSR count). The van der Waals surface area contributed by atoms with Crippen molar-refractivity contribution in [3.63, 3.8) is 0 Å². The summed E-state index contributed by atoms with van der Waals surface area (Å²) in [6.07, 6.45) is 1.97. The molecule has 4 nitrogen and oxygen atoms in total. The molecule has 2 saturated carbocycles. The number of ketones is 1. The molecule has 0 heterocycles. The van der Waals surface area contributed by atoms with E-state index in [1.165, 1.54) is 14.7 Å². The number of benzene rings is 3. The fourth-order valence-corrected chi connectivity index (χ4v) is 11.3. The first-order valence-corrected chi connectivity index (χ1v) is 15.9. The van der Waals surface area contributed by atoms with Crippen molar-refractivity contribution in [3.8, 4) is 0 Å². The van der Waals surface area contributed by atoms with Gasteiger partial charge in [0.15, 0.2) is 0 Å². The lowest BCUT2D eigenvalue weighted by molar-refractivity contribution is -0.128. The first-order valence-electron chi connectivity index (χ1n) is 12.5. The minimum atomic E-state index is -4.08. The molecule has 2 aliphatic carbocycles. The van der Waals surface area contributed by atoms with Crippen LogP contribution >= 0.6 is 10.0 Å². The van der Waals surface area contributed by atoms with Crippen molar-refractivity contribution >= 4 is 25.9 Å². The molecular formula is C30H36O4S2. The molecule has 36 heavy (non-hydrogen) atoms. The van der Waals surface area contributed by atoms with E-state index in [0.29, 0.717) is 12.8 Å². The van der Waals surface area contributed by atoms with Crippen molar-refractivity contribution in [1.82, 2.24) is 0 Å². The molecule has 0 aromatic heterocycles. The van der Waals surface area contributed by atoms with E-state index in [2.05, 4.69) is 97.9 Å². The summed E-state index contributed by atoms with van der Waals surface area (Å²) in [7, 11) is -5.25. The van der Waals surface area contributed by atoms with Crippen LogP contribution in [0.2, 0.25) is 0 Å². The molecule has 3 aromatic rings. The number of carbonyl (C=O) groups is 1. The molecule has 3 aromatic carbocycles. The predicted octanol–water partition coefficient (Wildman–Crippen LogP) is 7.26. The van der Waals surface area contributed by atoms with Gasteiger partial charge >= 0.3 is 0 Å². The quantitative estimate of drug-likeness (QED) is 0.345. The van der Waals surface area contributed by atoms with Gasteiger partial charge in [-0.1, -0.05) is 75.4 Å². The first-order chi connectivity index (χ1) is 17.1. The van der Waals surface area contributed by atoms with Crippen molar-refractivity contribution in [2.45, 2.75) is 54.7 Å². The van der Waals surface area contributed by atoms with Gasteiger partial charge in [-0.3, -0.25) is 9.35 Å². The largest absolute Gasteiger partial charge is 0.299 e. The van der Waals surface area contributed by atoms with Gasteiger partial charge in [-0.2, -0.15) is 18.4 Å². The molecule has 0 amide bonds. The number of hydrogen-bond donors (Lipinski definition) is 1. The zero-order chi connectivity index (χ0) is 26.0. The molecule has 2 fully saturated rings. The van der Waals surface area contributed by atoms with Gasteiger partial charge in [-0.25, -0.2) is 0 Å². The summed E-state index contributed by atoms with van der Waals surface area (Å²) in [6.45, 7) is 6.20. The van der Waals surface area contributed by atoms with Gasteiger partial charge in [0, 0.05) is 6.42 Å². The molecule has 2 atom stereocenters. The van der Waals surface area contributed by atoms with E-state index in [0.717, 1.165) is 12.2 Å². The van der Waals surface area contributed by atoms with Crippen molar-refractivity contribution in [2.24, 2.45) is 16.7 Å². The van der Waals surface area contributed by atoms with Crippen LogP contribution in [0.3, 0.4) is 0 Å². The molecule has 2 aliphatic rings. The number of fused-ring (bicyclic) bond motifs is 2. The van der Waals surface area contributed by atoms with Crippen molar-refractivity contribution in [2.75, 3.05) is 11.5 Å². The Kier molecular flexibility index (Phi) is 7.52. The van der Waals surface area contributed by atoms with Crippen LogP contribution in [0.25, 0.3) is 0 Å². The second kappa shape index (κ2) is 10.2. The topological polar surface area (TPSA) is 71.4 Å². The van der Waals surface area contributed by atoms with Crippen LogP contribution < -0.4 is 0 Å². The predicted molar refractivity (Wildman–Crippen MR) is 147 cm³/mol. The van der Waals surface area contributed by atoms with Crippen molar-refractivity contribution < 1.29 is 17.8 Å². The van der Waals surface area contributed by atoms with Gasteiger partial charge in [0.2, 0.25) is 0 Å². The Morgan fingerprint density at radius 2 is 1.22 bits per heavy atom. The molecular weight excluding hydrogens is 488 g/mol. The minimum absolute atomic E-state index is 0.0152. The third-order valence-corrected chi connectivity index (χ3v) is 13.4. The normalized spacial score (nSPS) is 23.1. The summed E-state index contributed by atoms with van der Waals surface area (Å²) in [5.41, 5.74) is -1.12. The maximum atomic E-state index is 11.9. The molecule has 192 valence electrons. The standard InChI is InChI=1S/C20H20S.C10H16O4S/c1-2-21(18-12-6-3-7-13-18,19-14-8-4-9-15-19)20-16-10-5-11-17-20;1-9(2)7-3-4-10(9,8(11)5-7)6-15(12,13)14/h3-17H,2H2,1H3;7H,3-6H2,1-2H3,(H,12,13,14). The molecule has 0 saturated heterocycles. The lowest BCUT2D eigenvalue weighted by Gasteiger charge is -2.40. The highest BCUT2D eigenvalue weighted by Crippen LogP contribution is 2.68. The van der Waals surface area contributed by atoms with E-state index in [9.17, 15) is 13.2 Å². The second-order valence-corrected chi connectivity index (χ2v) is 15.3. The van der Waals surface area contributed by atoms with Crippen LogP contribution in [0.15, 0.2) is 106 Å². The highest BCUT2D eigenvalue weighted by molar-refractivity contribution is 8.33. The summed E-state index contributed by atoms with van der Waals surface area (Å²) in [5, 5.41) is 0. The lowest BCUT2D eigenvalue weighted by Crippen LogP contribution is -2.42. The van der Waals surface area contributed by atoms with E-state index in [-0.39, 0.29) is 17.1 Å². The molecule has 1 N–H and O–H groups in total. The monoisotopic (exact) mass is 524 g/mol. The molecule has 2 unspecified atom stereocenters.